The number of thioether (sulfide) groups is 1. The average molecular weight is 220 g/mol. The van der Waals surface area contributed by atoms with Crippen molar-refractivity contribution in [1.29, 1.82) is 0 Å². The van der Waals surface area contributed by atoms with E-state index < -0.39 is 0 Å². The molecule has 0 aliphatic rings. The van der Waals surface area contributed by atoms with Crippen molar-refractivity contribution >= 4 is 11.8 Å². The fourth-order valence-corrected chi connectivity index (χ4v) is 1.72. The lowest BCUT2D eigenvalue weighted by molar-refractivity contribution is 0.766. The molecule has 2 aromatic heterocycles. The Kier molecular flexibility index (Phi) is 2.73. The van der Waals surface area contributed by atoms with Gasteiger partial charge >= 0.3 is 0 Å². The van der Waals surface area contributed by atoms with Crippen LogP contribution in [0.4, 0.5) is 0 Å². The van der Waals surface area contributed by atoms with E-state index in [2.05, 4.69) is 15.3 Å². The van der Waals surface area contributed by atoms with Gasteiger partial charge in [-0.3, -0.25) is 0 Å². The molecule has 15 heavy (non-hydrogen) atoms. The minimum absolute atomic E-state index is 0.762. The summed E-state index contributed by atoms with van der Waals surface area (Å²) in [7, 11) is 0. The van der Waals surface area contributed by atoms with Gasteiger partial charge in [0.05, 0.1) is 5.69 Å². The molecule has 0 spiro atoms. The molecule has 4 nitrogen and oxygen atoms in total. The Labute approximate surface area is 92.7 Å². The monoisotopic (exact) mass is 220 g/mol. The fourth-order valence-electron chi connectivity index (χ4n) is 1.40. The zero-order chi connectivity index (χ0) is 10.8. The summed E-state index contributed by atoms with van der Waals surface area (Å²) in [6, 6.07) is 5.89. The van der Waals surface area contributed by atoms with Crippen LogP contribution in [0.25, 0.3) is 5.82 Å². The van der Waals surface area contributed by atoms with Crippen LogP contribution in [-0.2, 0) is 0 Å². The van der Waals surface area contributed by atoms with E-state index in [4.69, 9.17) is 0 Å². The van der Waals surface area contributed by atoms with E-state index in [1.54, 1.807) is 16.4 Å². The van der Waals surface area contributed by atoms with Gasteiger partial charge in [0.25, 0.3) is 0 Å². The first kappa shape index (κ1) is 10.2. The van der Waals surface area contributed by atoms with E-state index in [0.29, 0.717) is 0 Å². The highest BCUT2D eigenvalue weighted by Gasteiger charge is 2.05. The largest absolute Gasteiger partial charge is 0.218 e. The summed E-state index contributed by atoms with van der Waals surface area (Å²) >= 11 is 1.58. The smallest absolute Gasteiger partial charge is 0.175 e. The first-order valence-corrected chi connectivity index (χ1v) is 5.84. The van der Waals surface area contributed by atoms with E-state index in [-0.39, 0.29) is 0 Å². The molecule has 0 saturated heterocycles. The van der Waals surface area contributed by atoms with Crippen LogP contribution in [0.1, 0.15) is 11.4 Å². The molecule has 0 bridgehead atoms. The molecular weight excluding hydrogens is 208 g/mol. The molecule has 2 heterocycles. The van der Waals surface area contributed by atoms with E-state index in [9.17, 15) is 0 Å². The summed E-state index contributed by atoms with van der Waals surface area (Å²) < 4.78 is 1.80. The third kappa shape index (κ3) is 2.02. The normalized spacial score (nSPS) is 10.6. The highest BCUT2D eigenvalue weighted by atomic mass is 32.2. The molecule has 0 unspecified atom stereocenters. The van der Waals surface area contributed by atoms with Gasteiger partial charge in [-0.2, -0.15) is 5.10 Å². The van der Waals surface area contributed by atoms with Gasteiger partial charge in [-0.1, -0.05) is 0 Å². The molecule has 0 aliphatic carbocycles. The Morgan fingerprint density at radius 2 is 2.00 bits per heavy atom. The summed E-state index contributed by atoms with van der Waals surface area (Å²) in [5.74, 6) is 0.762. The quantitative estimate of drug-likeness (QED) is 0.726. The molecule has 0 fully saturated rings. The van der Waals surface area contributed by atoms with Crippen molar-refractivity contribution in [3.63, 3.8) is 0 Å². The molecule has 78 valence electrons. The lowest BCUT2D eigenvalue weighted by Crippen LogP contribution is -2.03. The SMILES string of the molecule is CSc1ccc(-n2nc(C)cc2C)nn1. The molecule has 0 amide bonds. The number of hydrogen-bond acceptors (Lipinski definition) is 4. The lowest BCUT2D eigenvalue weighted by Gasteiger charge is -2.02. The Balaban J connectivity index is 2.41. The van der Waals surface area contributed by atoms with Crippen LogP contribution in [0, 0.1) is 13.8 Å². The predicted octanol–water partition coefficient (Wildman–Crippen LogP) is 2.00. The molecule has 0 N–H and O–H groups in total. The van der Waals surface area contributed by atoms with Gasteiger partial charge < -0.3 is 0 Å². The van der Waals surface area contributed by atoms with E-state index >= 15 is 0 Å². The van der Waals surface area contributed by atoms with Crippen molar-refractivity contribution in [3.8, 4) is 5.82 Å². The summed E-state index contributed by atoms with van der Waals surface area (Å²) in [6.07, 6.45) is 1.98. The number of rotatable bonds is 2. The van der Waals surface area contributed by atoms with Gasteiger partial charge in [-0.25, -0.2) is 4.68 Å². The second kappa shape index (κ2) is 4.02. The molecule has 2 rings (SSSR count). The van der Waals surface area contributed by atoms with Crippen molar-refractivity contribution in [2.24, 2.45) is 0 Å². The minimum Gasteiger partial charge on any atom is -0.218 e. The molecule has 0 atom stereocenters. The Morgan fingerprint density at radius 3 is 2.47 bits per heavy atom. The van der Waals surface area contributed by atoms with Crippen LogP contribution in [0.2, 0.25) is 0 Å². The van der Waals surface area contributed by atoms with Crippen LogP contribution in [0.3, 0.4) is 0 Å². The van der Waals surface area contributed by atoms with Crippen molar-refractivity contribution in [1.82, 2.24) is 20.0 Å². The number of aryl methyl sites for hydroxylation is 2. The zero-order valence-corrected chi connectivity index (χ0v) is 9.75. The molecular formula is C10H12N4S. The van der Waals surface area contributed by atoms with Gasteiger partial charge in [-0.05, 0) is 38.3 Å². The van der Waals surface area contributed by atoms with Crippen LogP contribution < -0.4 is 0 Å². The molecule has 0 aromatic carbocycles. The maximum Gasteiger partial charge on any atom is 0.175 e. The predicted molar refractivity (Wildman–Crippen MR) is 60.4 cm³/mol. The summed E-state index contributed by atoms with van der Waals surface area (Å²) in [5.41, 5.74) is 2.06. The van der Waals surface area contributed by atoms with Crippen LogP contribution in [0.15, 0.2) is 23.2 Å². The zero-order valence-electron chi connectivity index (χ0n) is 8.93. The topological polar surface area (TPSA) is 43.6 Å². The Hall–Kier alpha value is -1.36. The summed E-state index contributed by atoms with van der Waals surface area (Å²) in [5, 5.41) is 13.5. The summed E-state index contributed by atoms with van der Waals surface area (Å²) in [4.78, 5) is 0. The third-order valence-electron chi connectivity index (χ3n) is 2.06. The molecule has 0 aliphatic heterocycles. The second-order valence-electron chi connectivity index (χ2n) is 3.27. The average Bonchev–Trinajstić information content (AvgIpc) is 2.58. The first-order valence-electron chi connectivity index (χ1n) is 4.62. The highest BCUT2D eigenvalue weighted by Crippen LogP contribution is 2.12. The van der Waals surface area contributed by atoms with Crippen molar-refractivity contribution in [2.45, 2.75) is 18.9 Å². The standard InChI is InChI=1S/C10H12N4S/c1-7-6-8(2)14(13-7)9-4-5-10(15-3)12-11-9/h4-6H,1-3H3. The van der Waals surface area contributed by atoms with Gasteiger partial charge in [0.2, 0.25) is 0 Å². The summed E-state index contributed by atoms with van der Waals surface area (Å²) in [6.45, 7) is 3.97. The first-order chi connectivity index (χ1) is 7.20. The lowest BCUT2D eigenvalue weighted by atomic mass is 10.4. The Bertz CT molecular complexity index is 461. The van der Waals surface area contributed by atoms with E-state index in [0.717, 1.165) is 22.2 Å². The number of aromatic nitrogens is 4. The second-order valence-corrected chi connectivity index (χ2v) is 4.10. The molecule has 5 heteroatoms. The van der Waals surface area contributed by atoms with Crippen LogP contribution in [0.5, 0.6) is 0 Å². The van der Waals surface area contributed by atoms with Gasteiger partial charge in [0, 0.05) is 5.69 Å². The molecule has 2 aromatic rings. The minimum atomic E-state index is 0.762. The Morgan fingerprint density at radius 1 is 1.20 bits per heavy atom. The number of nitrogens with zero attached hydrogens (tertiary/aromatic N) is 4. The van der Waals surface area contributed by atoms with Crippen LogP contribution >= 0.6 is 11.8 Å². The maximum absolute atomic E-state index is 4.34. The van der Waals surface area contributed by atoms with E-state index in [1.807, 2.05) is 38.3 Å². The van der Waals surface area contributed by atoms with Gasteiger partial charge in [0.15, 0.2) is 5.82 Å². The maximum atomic E-state index is 4.34. The van der Waals surface area contributed by atoms with E-state index in [1.165, 1.54) is 0 Å². The van der Waals surface area contributed by atoms with Gasteiger partial charge in [-0.15, -0.1) is 22.0 Å². The molecule has 0 radical (unpaired) electrons. The molecule has 0 saturated carbocycles. The van der Waals surface area contributed by atoms with Crippen molar-refractivity contribution < 1.29 is 0 Å². The number of hydrogen-bond donors (Lipinski definition) is 0. The third-order valence-corrected chi connectivity index (χ3v) is 2.70. The van der Waals surface area contributed by atoms with Crippen molar-refractivity contribution in [2.75, 3.05) is 6.26 Å². The highest BCUT2D eigenvalue weighted by molar-refractivity contribution is 7.98. The fraction of sp³-hybridized carbons (Fsp3) is 0.300. The van der Waals surface area contributed by atoms with Crippen molar-refractivity contribution in [3.05, 3.63) is 29.6 Å². The van der Waals surface area contributed by atoms with Crippen LogP contribution in [-0.4, -0.2) is 26.2 Å². The van der Waals surface area contributed by atoms with Gasteiger partial charge in [0.1, 0.15) is 5.03 Å².